The number of hydrogen-bond donors (Lipinski definition) is 3. The van der Waals surface area contributed by atoms with E-state index in [0.29, 0.717) is 5.56 Å². The van der Waals surface area contributed by atoms with Crippen molar-refractivity contribution in [3.63, 3.8) is 0 Å². The number of thiocarbonyl (C=S) groups is 1. The number of amides is 3. The predicted octanol–water partition coefficient (Wildman–Crippen LogP) is 0.448. The molecule has 1 aliphatic heterocycles. The van der Waals surface area contributed by atoms with Crippen molar-refractivity contribution >= 4 is 52.1 Å². The van der Waals surface area contributed by atoms with Gasteiger partial charge in [-0.15, -0.1) is 0 Å². The van der Waals surface area contributed by atoms with Gasteiger partial charge in [0.15, 0.2) is 4.32 Å². The molecule has 7 nitrogen and oxygen atoms in total. The molecule has 0 bridgehead atoms. The van der Waals surface area contributed by atoms with Crippen LogP contribution in [0.15, 0.2) is 40.9 Å². The quantitative estimate of drug-likeness (QED) is 0.313. The number of primary amides is 2. The molecule has 9 heteroatoms. The van der Waals surface area contributed by atoms with Gasteiger partial charge in [-0.1, -0.05) is 42.2 Å². The molecular formula is C14H11N3O4S2. The summed E-state index contributed by atoms with van der Waals surface area (Å²) in [6, 6.07) is 6.44. The number of benzene rings is 1. The Hall–Kier alpha value is -2.65. The zero-order valence-electron chi connectivity index (χ0n) is 11.6. The van der Waals surface area contributed by atoms with Crippen LogP contribution in [0.25, 0.3) is 6.08 Å². The van der Waals surface area contributed by atoms with E-state index in [1.807, 2.05) is 0 Å². The lowest BCUT2D eigenvalue weighted by Crippen LogP contribution is -2.31. The van der Waals surface area contributed by atoms with Gasteiger partial charge in [-0.25, -0.2) is 0 Å². The third-order valence-corrected chi connectivity index (χ3v) is 4.17. The van der Waals surface area contributed by atoms with Gasteiger partial charge in [-0.05, 0) is 12.1 Å². The topological polar surface area (TPSA) is 127 Å². The summed E-state index contributed by atoms with van der Waals surface area (Å²) >= 11 is 6.01. The Morgan fingerprint density at radius 2 is 1.83 bits per heavy atom. The maximum absolute atomic E-state index is 12.3. The molecule has 0 saturated carbocycles. The molecular weight excluding hydrogens is 338 g/mol. The second-order valence-corrected chi connectivity index (χ2v) is 6.06. The number of hydrogen-bond acceptors (Lipinski definition) is 6. The molecule has 5 N–H and O–H groups in total. The molecule has 1 saturated heterocycles. The molecule has 0 radical (unpaired) electrons. The highest BCUT2D eigenvalue weighted by Crippen LogP contribution is 2.34. The lowest BCUT2D eigenvalue weighted by atomic mass is 10.2. The number of thioether (sulfide) groups is 1. The molecule has 0 unspecified atom stereocenters. The van der Waals surface area contributed by atoms with Gasteiger partial charge >= 0.3 is 0 Å². The monoisotopic (exact) mass is 349 g/mol. The lowest BCUT2D eigenvalue weighted by molar-refractivity contribution is -0.120. The molecule has 118 valence electrons. The molecule has 0 atom stereocenters. The average Bonchev–Trinajstić information content (AvgIpc) is 2.73. The van der Waals surface area contributed by atoms with Crippen LogP contribution >= 0.6 is 24.0 Å². The van der Waals surface area contributed by atoms with E-state index >= 15 is 0 Å². The molecule has 23 heavy (non-hydrogen) atoms. The zero-order valence-corrected chi connectivity index (χ0v) is 13.2. The van der Waals surface area contributed by atoms with Crippen molar-refractivity contribution < 1.29 is 19.5 Å². The molecule has 1 aromatic rings. The molecule has 1 fully saturated rings. The van der Waals surface area contributed by atoms with Crippen molar-refractivity contribution in [2.75, 3.05) is 0 Å². The van der Waals surface area contributed by atoms with Crippen molar-refractivity contribution in [3.05, 3.63) is 46.5 Å². The van der Waals surface area contributed by atoms with Gasteiger partial charge in [-0.2, -0.15) is 0 Å². The summed E-state index contributed by atoms with van der Waals surface area (Å²) in [7, 11) is 0. The Labute approximate surface area is 140 Å². The first kappa shape index (κ1) is 16.7. The van der Waals surface area contributed by atoms with Crippen molar-refractivity contribution in [3.8, 4) is 5.75 Å². The number of carbonyl (C=O) groups is 3. The van der Waals surface area contributed by atoms with Crippen LogP contribution in [0.2, 0.25) is 0 Å². The molecule has 1 aliphatic rings. The van der Waals surface area contributed by atoms with E-state index in [2.05, 4.69) is 0 Å². The highest BCUT2D eigenvalue weighted by atomic mass is 32.2. The lowest BCUT2D eigenvalue weighted by Gasteiger charge is -2.09. The van der Waals surface area contributed by atoms with Crippen molar-refractivity contribution in [2.45, 2.75) is 0 Å². The van der Waals surface area contributed by atoms with Crippen LogP contribution in [0.4, 0.5) is 0 Å². The van der Waals surface area contributed by atoms with Crippen LogP contribution in [0, 0.1) is 0 Å². The maximum atomic E-state index is 12.3. The number of nitrogens with two attached hydrogens (primary N) is 2. The van der Waals surface area contributed by atoms with E-state index < -0.39 is 23.3 Å². The fraction of sp³-hybridized carbons (Fsp3) is 0. The summed E-state index contributed by atoms with van der Waals surface area (Å²) in [5.74, 6) is -2.67. The minimum atomic E-state index is -1.06. The van der Waals surface area contributed by atoms with Gasteiger partial charge in [0.2, 0.25) is 0 Å². The maximum Gasteiger partial charge on any atom is 0.270 e. The number of aromatic hydroxyl groups is 1. The normalized spacial score (nSPS) is 15.8. The summed E-state index contributed by atoms with van der Waals surface area (Å²) in [4.78, 5) is 35.8. The van der Waals surface area contributed by atoms with E-state index in [1.54, 1.807) is 18.2 Å². The van der Waals surface area contributed by atoms with Crippen LogP contribution in [0.1, 0.15) is 5.56 Å². The van der Waals surface area contributed by atoms with Crippen molar-refractivity contribution in [1.82, 2.24) is 4.90 Å². The van der Waals surface area contributed by atoms with E-state index in [9.17, 15) is 19.5 Å². The van der Waals surface area contributed by atoms with E-state index in [4.69, 9.17) is 23.7 Å². The highest BCUT2D eigenvalue weighted by molar-refractivity contribution is 8.26. The Kier molecular flexibility index (Phi) is 4.82. The second kappa shape index (κ2) is 6.63. The minimum Gasteiger partial charge on any atom is -0.507 e. The first-order chi connectivity index (χ1) is 10.8. The molecule has 3 amide bonds. The van der Waals surface area contributed by atoms with Crippen LogP contribution in [-0.4, -0.2) is 32.0 Å². The van der Waals surface area contributed by atoms with Gasteiger partial charge in [0.05, 0.1) is 4.91 Å². The fourth-order valence-corrected chi connectivity index (χ4v) is 2.92. The summed E-state index contributed by atoms with van der Waals surface area (Å²) in [6.45, 7) is 0. The SMILES string of the molecule is NC(=O)C(=CN1C(=O)/C(=C/c2ccccc2O)SC1=S)C(N)=O. The number of rotatable bonds is 4. The van der Waals surface area contributed by atoms with E-state index in [0.717, 1.165) is 22.9 Å². The van der Waals surface area contributed by atoms with Gasteiger partial charge < -0.3 is 16.6 Å². The number of carbonyl (C=O) groups excluding carboxylic acids is 3. The number of para-hydroxylation sites is 1. The molecule has 0 aliphatic carbocycles. The standard InChI is InChI=1S/C14H11N3O4S2/c15-11(19)8(12(16)20)6-17-13(21)10(23-14(17)22)5-7-3-1-2-4-9(7)18/h1-6,18H,(H2,15,19)(H2,16,20)/b10-5-. The Morgan fingerprint density at radius 3 is 2.39 bits per heavy atom. The number of phenols is 1. The van der Waals surface area contributed by atoms with E-state index in [1.165, 1.54) is 12.1 Å². The number of nitrogens with zero attached hydrogens (tertiary/aromatic N) is 1. The van der Waals surface area contributed by atoms with Gasteiger partial charge in [0.1, 0.15) is 11.3 Å². The Morgan fingerprint density at radius 1 is 1.22 bits per heavy atom. The van der Waals surface area contributed by atoms with Crippen LogP contribution in [-0.2, 0) is 14.4 Å². The zero-order chi connectivity index (χ0) is 17.1. The van der Waals surface area contributed by atoms with Crippen LogP contribution in [0.3, 0.4) is 0 Å². The van der Waals surface area contributed by atoms with E-state index in [-0.39, 0.29) is 15.0 Å². The molecule has 1 heterocycles. The van der Waals surface area contributed by atoms with Gasteiger partial charge in [-0.3, -0.25) is 19.3 Å². The third-order valence-electron chi connectivity index (χ3n) is 2.84. The summed E-state index contributed by atoms with van der Waals surface area (Å²) in [6.07, 6.45) is 2.38. The molecule has 0 spiro atoms. The summed E-state index contributed by atoms with van der Waals surface area (Å²) < 4.78 is 0.108. The summed E-state index contributed by atoms with van der Waals surface area (Å²) in [5, 5.41) is 9.73. The predicted molar refractivity (Wildman–Crippen MR) is 89.6 cm³/mol. The number of phenolic OH excluding ortho intramolecular Hbond substituents is 1. The molecule has 2 rings (SSSR count). The smallest absolute Gasteiger partial charge is 0.270 e. The Balaban J connectivity index is 2.38. The first-order valence-corrected chi connectivity index (χ1v) is 7.40. The highest BCUT2D eigenvalue weighted by Gasteiger charge is 2.32. The fourth-order valence-electron chi connectivity index (χ4n) is 1.72. The Bertz CT molecular complexity index is 770. The molecule has 0 aromatic heterocycles. The van der Waals surface area contributed by atoms with Gasteiger partial charge in [0, 0.05) is 11.8 Å². The molecule has 1 aromatic carbocycles. The van der Waals surface area contributed by atoms with Crippen LogP contribution in [0.5, 0.6) is 5.75 Å². The van der Waals surface area contributed by atoms with Crippen molar-refractivity contribution in [2.24, 2.45) is 11.5 Å². The van der Waals surface area contributed by atoms with Crippen molar-refractivity contribution in [1.29, 1.82) is 0 Å². The third kappa shape index (κ3) is 3.58. The minimum absolute atomic E-state index is 0.00303. The van der Waals surface area contributed by atoms with Crippen LogP contribution < -0.4 is 11.5 Å². The van der Waals surface area contributed by atoms with Gasteiger partial charge in [0.25, 0.3) is 17.7 Å². The largest absolute Gasteiger partial charge is 0.507 e. The first-order valence-electron chi connectivity index (χ1n) is 6.17. The second-order valence-electron chi connectivity index (χ2n) is 4.38. The summed E-state index contributed by atoms with van der Waals surface area (Å²) in [5.41, 5.74) is 9.98. The average molecular weight is 349 g/mol.